The lowest BCUT2D eigenvalue weighted by molar-refractivity contribution is -0.134. The number of carbonyl (C=O) groups excluding carboxylic acids is 2. The molecule has 1 aromatic rings. The first kappa shape index (κ1) is 22.6. The van der Waals surface area contributed by atoms with Gasteiger partial charge in [0.15, 0.2) is 0 Å². The molecule has 1 heterocycles. The van der Waals surface area contributed by atoms with E-state index in [0.717, 1.165) is 5.56 Å². The summed E-state index contributed by atoms with van der Waals surface area (Å²) in [4.78, 5) is 27.2. The van der Waals surface area contributed by atoms with Crippen LogP contribution in [-0.4, -0.2) is 24.5 Å². The molecule has 0 radical (unpaired) electrons. The van der Waals surface area contributed by atoms with Crippen LogP contribution in [0.4, 0.5) is 0 Å². The van der Waals surface area contributed by atoms with Crippen molar-refractivity contribution in [3.63, 3.8) is 0 Å². The van der Waals surface area contributed by atoms with Gasteiger partial charge in [0.25, 0.3) is 21.8 Å². The van der Waals surface area contributed by atoms with Crippen LogP contribution >= 0.6 is 0 Å². The first-order valence-corrected chi connectivity index (χ1v) is 10.9. The van der Waals surface area contributed by atoms with Crippen LogP contribution in [0.25, 0.3) is 0 Å². The maximum atomic E-state index is 13.6. The van der Waals surface area contributed by atoms with Gasteiger partial charge in [-0.1, -0.05) is 66.3 Å². The van der Waals surface area contributed by atoms with E-state index in [1.54, 1.807) is 88.4 Å². The highest BCUT2D eigenvalue weighted by Crippen LogP contribution is 2.54. The van der Waals surface area contributed by atoms with E-state index in [1.807, 2.05) is 6.92 Å². The van der Waals surface area contributed by atoms with Crippen molar-refractivity contribution in [1.29, 1.82) is 0 Å². The molecule has 1 aliphatic heterocycles. The van der Waals surface area contributed by atoms with Gasteiger partial charge >= 0.3 is 0 Å². The number of rotatable bonds is 6. The Morgan fingerprint density at radius 2 is 1.07 bits per heavy atom. The van der Waals surface area contributed by atoms with E-state index >= 15 is 0 Å². The number of allylic oxidation sites excluding steroid dienone is 4. The Hall–Kier alpha value is -2.73. The van der Waals surface area contributed by atoms with Gasteiger partial charge in [-0.25, -0.2) is 8.42 Å². The normalized spacial score (nSPS) is 26.2. The van der Waals surface area contributed by atoms with E-state index in [1.165, 1.54) is 12.1 Å². The molecule has 0 N–H and O–H groups in total. The Kier molecular flexibility index (Phi) is 6.48. The first-order valence-electron chi connectivity index (χ1n) is 9.44. The molecule has 5 nitrogen and oxygen atoms in total. The molecular weight excluding hydrogens is 386 g/mol. The molecule has 29 heavy (non-hydrogen) atoms. The summed E-state index contributed by atoms with van der Waals surface area (Å²) < 4.78 is 27.1. The molecule has 0 atom stereocenters. The second-order valence-corrected chi connectivity index (χ2v) is 8.72. The van der Waals surface area contributed by atoms with E-state index in [2.05, 4.69) is 0 Å². The number of amides is 2. The summed E-state index contributed by atoms with van der Waals surface area (Å²) in [6.07, 6.45) is 13.0. The van der Waals surface area contributed by atoms with Crippen molar-refractivity contribution in [2.45, 2.75) is 39.5 Å². The van der Waals surface area contributed by atoms with Crippen LogP contribution < -0.4 is 0 Å². The van der Waals surface area contributed by atoms with Crippen LogP contribution in [0.3, 0.4) is 0 Å². The first-order chi connectivity index (χ1) is 13.7. The lowest BCUT2D eigenvalue weighted by atomic mass is 9.63. The average Bonchev–Trinajstić information content (AvgIpc) is 2.83. The quantitative estimate of drug-likeness (QED) is 0.514. The highest BCUT2D eigenvalue weighted by Gasteiger charge is 2.67. The Balaban J connectivity index is 2.89. The van der Waals surface area contributed by atoms with Crippen molar-refractivity contribution in [1.82, 2.24) is 4.31 Å². The van der Waals surface area contributed by atoms with Gasteiger partial charge in [0, 0.05) is 0 Å². The molecule has 1 aliphatic rings. The molecule has 0 aliphatic carbocycles. The lowest BCUT2D eigenvalue weighted by Gasteiger charge is -2.33. The molecule has 1 saturated heterocycles. The fourth-order valence-electron chi connectivity index (χ4n) is 3.82. The third-order valence-electron chi connectivity index (χ3n) is 5.04. The minimum Gasteiger partial charge on any atom is -0.272 e. The Labute approximate surface area is 173 Å². The summed E-state index contributed by atoms with van der Waals surface area (Å²) in [6.45, 7) is 8.76. The number of hydrogen-bond donors (Lipinski definition) is 0. The number of benzene rings is 1. The average molecular weight is 414 g/mol. The molecule has 2 amide bonds. The second-order valence-electron chi connectivity index (χ2n) is 6.93. The maximum Gasteiger partial charge on any atom is 0.273 e. The fourth-order valence-corrected chi connectivity index (χ4v) is 5.25. The SMILES string of the molecule is CC=CC1(C=CC)C(=O)N(S(=O)(=O)c2ccc(C)cc2)C(=O)C1(C=CC)C=CC. The van der Waals surface area contributed by atoms with Crippen LogP contribution in [0.5, 0.6) is 0 Å². The summed E-state index contributed by atoms with van der Waals surface area (Å²) in [5.41, 5.74) is -2.09. The van der Waals surface area contributed by atoms with Crippen molar-refractivity contribution in [2.75, 3.05) is 0 Å². The van der Waals surface area contributed by atoms with Crippen molar-refractivity contribution in [3.8, 4) is 0 Å². The largest absolute Gasteiger partial charge is 0.273 e. The van der Waals surface area contributed by atoms with E-state index in [4.69, 9.17) is 0 Å². The smallest absolute Gasteiger partial charge is 0.272 e. The van der Waals surface area contributed by atoms with Crippen molar-refractivity contribution < 1.29 is 18.0 Å². The van der Waals surface area contributed by atoms with E-state index in [9.17, 15) is 18.0 Å². The number of sulfonamides is 1. The van der Waals surface area contributed by atoms with Gasteiger partial charge in [-0.3, -0.25) is 9.59 Å². The Bertz CT molecular complexity index is 941. The second kappa shape index (κ2) is 8.33. The van der Waals surface area contributed by atoms with Crippen LogP contribution in [0.2, 0.25) is 0 Å². The predicted molar refractivity (Wildman–Crippen MR) is 114 cm³/mol. The summed E-state index contributed by atoms with van der Waals surface area (Å²) in [6, 6.07) is 6.08. The molecule has 0 spiro atoms. The summed E-state index contributed by atoms with van der Waals surface area (Å²) >= 11 is 0. The molecule has 6 heteroatoms. The molecule has 0 saturated carbocycles. The van der Waals surface area contributed by atoms with Crippen LogP contribution in [0.1, 0.15) is 33.3 Å². The fraction of sp³-hybridized carbons (Fsp3) is 0.304. The number of imide groups is 1. The van der Waals surface area contributed by atoms with E-state index < -0.39 is 32.7 Å². The highest BCUT2D eigenvalue weighted by atomic mass is 32.2. The zero-order valence-electron chi connectivity index (χ0n) is 17.4. The van der Waals surface area contributed by atoms with E-state index in [0.29, 0.717) is 4.31 Å². The van der Waals surface area contributed by atoms with Crippen LogP contribution in [-0.2, 0) is 19.6 Å². The molecule has 154 valence electrons. The number of aryl methyl sites for hydroxylation is 1. The minimum atomic E-state index is -4.37. The molecule has 0 bridgehead atoms. The Morgan fingerprint density at radius 3 is 1.38 bits per heavy atom. The minimum absolute atomic E-state index is 0.101. The summed E-state index contributed by atoms with van der Waals surface area (Å²) in [5, 5.41) is 0. The zero-order chi connectivity index (χ0) is 21.9. The van der Waals surface area contributed by atoms with Gasteiger partial charge in [-0.05, 0) is 46.8 Å². The third kappa shape index (κ3) is 3.31. The number of carbonyl (C=O) groups is 2. The topological polar surface area (TPSA) is 71.5 Å². The number of nitrogens with zero attached hydrogens (tertiary/aromatic N) is 1. The molecule has 0 aromatic heterocycles. The van der Waals surface area contributed by atoms with E-state index in [-0.39, 0.29) is 4.90 Å². The van der Waals surface area contributed by atoms with Gasteiger partial charge < -0.3 is 0 Å². The molecule has 1 fully saturated rings. The molecule has 1 aromatic carbocycles. The molecule has 2 rings (SSSR count). The third-order valence-corrected chi connectivity index (χ3v) is 6.72. The standard InChI is InChI=1S/C23H27NO4S/c1-6-14-22(15-7-2)20(25)24(21(26)23(22,16-8-3)17-9-4)29(27,28)19-12-10-18(5)11-13-19/h6-17H,1-5H3. The molecular formula is C23H27NO4S. The lowest BCUT2D eigenvalue weighted by Crippen LogP contribution is -2.39. The van der Waals surface area contributed by atoms with Crippen LogP contribution in [0, 0.1) is 17.8 Å². The molecule has 0 unspecified atom stereocenters. The van der Waals surface area contributed by atoms with Crippen molar-refractivity contribution in [3.05, 3.63) is 78.4 Å². The van der Waals surface area contributed by atoms with Gasteiger partial charge in [-0.2, -0.15) is 4.31 Å². The van der Waals surface area contributed by atoms with Gasteiger partial charge in [0.2, 0.25) is 0 Å². The Morgan fingerprint density at radius 1 is 0.724 bits per heavy atom. The number of hydrogen-bond acceptors (Lipinski definition) is 4. The maximum absolute atomic E-state index is 13.6. The van der Waals surface area contributed by atoms with Crippen LogP contribution in [0.15, 0.2) is 77.8 Å². The van der Waals surface area contributed by atoms with Gasteiger partial charge in [0.05, 0.1) is 4.90 Å². The summed E-state index contributed by atoms with van der Waals surface area (Å²) in [7, 11) is -4.37. The van der Waals surface area contributed by atoms with Crippen molar-refractivity contribution in [2.24, 2.45) is 10.8 Å². The highest BCUT2D eigenvalue weighted by molar-refractivity contribution is 7.90. The predicted octanol–water partition coefficient (Wildman–Crippen LogP) is 4.33. The summed E-state index contributed by atoms with van der Waals surface area (Å²) in [5.74, 6) is -1.59. The monoisotopic (exact) mass is 413 g/mol. The van der Waals surface area contributed by atoms with Gasteiger partial charge in [0.1, 0.15) is 10.8 Å². The van der Waals surface area contributed by atoms with Gasteiger partial charge in [-0.15, -0.1) is 0 Å². The zero-order valence-corrected chi connectivity index (χ0v) is 18.2. The van der Waals surface area contributed by atoms with Crippen molar-refractivity contribution >= 4 is 21.8 Å².